The van der Waals surface area contributed by atoms with Gasteiger partial charge in [-0.2, -0.15) is 0 Å². The van der Waals surface area contributed by atoms with Crippen molar-refractivity contribution in [3.05, 3.63) is 33.3 Å². The van der Waals surface area contributed by atoms with Crippen molar-refractivity contribution < 1.29 is 9.90 Å². The van der Waals surface area contributed by atoms with Gasteiger partial charge in [0.1, 0.15) is 0 Å². The lowest BCUT2D eigenvalue weighted by Crippen LogP contribution is -2.27. The van der Waals surface area contributed by atoms with Crippen LogP contribution in [-0.2, 0) is 4.79 Å². The summed E-state index contributed by atoms with van der Waals surface area (Å²) in [5.74, 6) is -0.786. The molecule has 1 atom stereocenters. The molecular formula is C13H15BrClNO2. The minimum atomic E-state index is -0.786. The molecule has 1 aliphatic heterocycles. The molecule has 0 amide bonds. The number of aliphatic carboxylic acids is 1. The van der Waals surface area contributed by atoms with Crippen LogP contribution >= 0.6 is 27.5 Å². The topological polar surface area (TPSA) is 40.5 Å². The highest BCUT2D eigenvalue weighted by Gasteiger charge is 2.27. The summed E-state index contributed by atoms with van der Waals surface area (Å²) in [6.07, 6.45) is 2.36. The number of halogens is 2. The fourth-order valence-electron chi connectivity index (χ4n) is 2.43. The fourth-order valence-corrected chi connectivity index (χ4v) is 3.23. The van der Waals surface area contributed by atoms with Crippen molar-refractivity contribution in [1.82, 2.24) is 4.90 Å². The monoisotopic (exact) mass is 331 g/mol. The van der Waals surface area contributed by atoms with E-state index in [1.807, 2.05) is 18.2 Å². The molecule has 1 saturated heterocycles. The smallest absolute Gasteiger partial charge is 0.305 e. The Morgan fingerprint density at radius 3 is 2.67 bits per heavy atom. The number of carbonyl (C=O) groups is 1. The molecule has 0 bridgehead atoms. The van der Waals surface area contributed by atoms with Gasteiger partial charge in [0.05, 0.1) is 6.42 Å². The minimum absolute atomic E-state index is 0.0986. The predicted octanol–water partition coefficient (Wildman–Crippen LogP) is 3.71. The predicted molar refractivity (Wildman–Crippen MR) is 75.0 cm³/mol. The zero-order chi connectivity index (χ0) is 13.1. The Balaban J connectivity index is 2.29. The summed E-state index contributed by atoms with van der Waals surface area (Å²) in [4.78, 5) is 13.3. The Morgan fingerprint density at radius 1 is 1.44 bits per heavy atom. The molecule has 1 unspecified atom stereocenters. The van der Waals surface area contributed by atoms with Crippen molar-refractivity contribution in [3.8, 4) is 0 Å². The van der Waals surface area contributed by atoms with E-state index in [-0.39, 0.29) is 12.5 Å². The van der Waals surface area contributed by atoms with E-state index in [9.17, 15) is 4.79 Å². The molecule has 1 aliphatic rings. The van der Waals surface area contributed by atoms with Gasteiger partial charge in [-0.15, -0.1) is 0 Å². The summed E-state index contributed by atoms with van der Waals surface area (Å²) in [6, 6.07) is 5.53. The lowest BCUT2D eigenvalue weighted by molar-refractivity contribution is -0.138. The van der Waals surface area contributed by atoms with Crippen molar-refractivity contribution in [2.75, 3.05) is 13.1 Å². The number of nitrogens with zero attached hydrogens (tertiary/aromatic N) is 1. The van der Waals surface area contributed by atoms with Crippen LogP contribution < -0.4 is 0 Å². The van der Waals surface area contributed by atoms with Gasteiger partial charge in [0, 0.05) is 15.5 Å². The summed E-state index contributed by atoms with van der Waals surface area (Å²) >= 11 is 9.60. The average molecular weight is 333 g/mol. The van der Waals surface area contributed by atoms with E-state index in [1.165, 1.54) is 0 Å². The largest absolute Gasteiger partial charge is 0.481 e. The second kappa shape index (κ2) is 6.04. The third-order valence-corrected chi connectivity index (χ3v) is 4.09. The SMILES string of the molecule is O=C(O)CC(c1ccc(Br)cc1Cl)N1CCCC1. The molecule has 5 heteroatoms. The Kier molecular flexibility index (Phi) is 4.65. The van der Waals surface area contributed by atoms with Crippen LogP contribution in [0.1, 0.15) is 30.9 Å². The molecule has 3 nitrogen and oxygen atoms in total. The van der Waals surface area contributed by atoms with Crippen molar-refractivity contribution >= 4 is 33.5 Å². The van der Waals surface area contributed by atoms with E-state index < -0.39 is 5.97 Å². The van der Waals surface area contributed by atoms with E-state index in [0.717, 1.165) is 36.0 Å². The van der Waals surface area contributed by atoms with Gasteiger partial charge in [0.15, 0.2) is 0 Å². The van der Waals surface area contributed by atoms with Gasteiger partial charge in [-0.3, -0.25) is 9.69 Å². The maximum atomic E-state index is 11.0. The van der Waals surface area contributed by atoms with Gasteiger partial charge in [-0.25, -0.2) is 0 Å². The molecule has 2 rings (SSSR count). The number of carboxylic acids is 1. The molecule has 18 heavy (non-hydrogen) atoms. The molecule has 0 spiro atoms. The van der Waals surface area contributed by atoms with E-state index in [2.05, 4.69) is 20.8 Å². The lowest BCUT2D eigenvalue weighted by Gasteiger charge is -2.27. The first-order chi connectivity index (χ1) is 8.58. The van der Waals surface area contributed by atoms with Crippen molar-refractivity contribution in [1.29, 1.82) is 0 Å². The van der Waals surface area contributed by atoms with Crippen LogP contribution in [0.5, 0.6) is 0 Å². The van der Waals surface area contributed by atoms with Gasteiger partial charge in [-0.05, 0) is 43.6 Å². The third-order valence-electron chi connectivity index (χ3n) is 3.27. The van der Waals surface area contributed by atoms with Crippen LogP contribution in [0.25, 0.3) is 0 Å². The van der Waals surface area contributed by atoms with Crippen molar-refractivity contribution in [3.63, 3.8) is 0 Å². The molecular weight excluding hydrogens is 318 g/mol. The van der Waals surface area contributed by atoms with Crippen LogP contribution in [-0.4, -0.2) is 29.1 Å². The van der Waals surface area contributed by atoms with Crippen molar-refractivity contribution in [2.45, 2.75) is 25.3 Å². The molecule has 0 aromatic heterocycles. The number of hydrogen-bond donors (Lipinski definition) is 1. The highest BCUT2D eigenvalue weighted by Crippen LogP contribution is 2.34. The van der Waals surface area contributed by atoms with Gasteiger partial charge >= 0.3 is 5.97 Å². The summed E-state index contributed by atoms with van der Waals surface area (Å²) in [6.45, 7) is 1.90. The first-order valence-corrected chi connectivity index (χ1v) is 7.16. The number of carboxylic acid groups (broad SMARTS) is 1. The number of likely N-dealkylation sites (tertiary alicyclic amines) is 1. The molecule has 0 saturated carbocycles. The van der Waals surface area contributed by atoms with E-state index in [0.29, 0.717) is 5.02 Å². The van der Waals surface area contributed by atoms with Gasteiger partial charge in [0.2, 0.25) is 0 Å². The molecule has 1 N–H and O–H groups in total. The van der Waals surface area contributed by atoms with E-state index in [1.54, 1.807) is 0 Å². The molecule has 1 heterocycles. The van der Waals surface area contributed by atoms with Gasteiger partial charge in [-0.1, -0.05) is 33.6 Å². The van der Waals surface area contributed by atoms with E-state index >= 15 is 0 Å². The first kappa shape index (κ1) is 13.8. The zero-order valence-electron chi connectivity index (χ0n) is 9.90. The molecule has 1 fully saturated rings. The van der Waals surface area contributed by atoms with Gasteiger partial charge in [0.25, 0.3) is 0 Å². The number of rotatable bonds is 4. The second-order valence-corrected chi connectivity index (χ2v) is 5.85. The van der Waals surface area contributed by atoms with Gasteiger partial charge < -0.3 is 5.11 Å². The normalized spacial score (nSPS) is 17.9. The van der Waals surface area contributed by atoms with Crippen LogP contribution in [0, 0.1) is 0 Å². The highest BCUT2D eigenvalue weighted by atomic mass is 79.9. The molecule has 1 aromatic carbocycles. The number of hydrogen-bond acceptors (Lipinski definition) is 2. The maximum absolute atomic E-state index is 11.0. The van der Waals surface area contributed by atoms with Crippen LogP contribution in [0.2, 0.25) is 5.02 Å². The lowest BCUT2D eigenvalue weighted by atomic mass is 10.0. The fraction of sp³-hybridized carbons (Fsp3) is 0.462. The Bertz CT molecular complexity index is 447. The standard InChI is InChI=1S/C13H15BrClNO2/c14-9-3-4-10(11(15)7-9)12(8-13(17)18)16-5-1-2-6-16/h3-4,7,12H,1-2,5-6,8H2,(H,17,18). The zero-order valence-corrected chi connectivity index (χ0v) is 12.2. The molecule has 0 radical (unpaired) electrons. The van der Waals surface area contributed by atoms with Crippen LogP contribution in [0.3, 0.4) is 0 Å². The van der Waals surface area contributed by atoms with Crippen LogP contribution in [0.15, 0.2) is 22.7 Å². The summed E-state index contributed by atoms with van der Waals surface area (Å²) in [5, 5.41) is 9.70. The second-order valence-electron chi connectivity index (χ2n) is 4.52. The quantitative estimate of drug-likeness (QED) is 0.913. The maximum Gasteiger partial charge on any atom is 0.305 e. The van der Waals surface area contributed by atoms with E-state index in [4.69, 9.17) is 16.7 Å². The van der Waals surface area contributed by atoms with Crippen LogP contribution in [0.4, 0.5) is 0 Å². The summed E-state index contributed by atoms with van der Waals surface area (Å²) in [5.41, 5.74) is 0.907. The molecule has 0 aliphatic carbocycles. The first-order valence-electron chi connectivity index (χ1n) is 5.98. The number of benzene rings is 1. The Labute approximate surface area is 120 Å². The minimum Gasteiger partial charge on any atom is -0.481 e. The summed E-state index contributed by atoms with van der Waals surface area (Å²) < 4.78 is 0.909. The highest BCUT2D eigenvalue weighted by molar-refractivity contribution is 9.10. The summed E-state index contributed by atoms with van der Waals surface area (Å²) in [7, 11) is 0. The third kappa shape index (κ3) is 3.25. The molecule has 1 aromatic rings. The average Bonchev–Trinajstić information content (AvgIpc) is 2.79. The Hall–Kier alpha value is -0.580. The molecule has 98 valence electrons. The Morgan fingerprint density at radius 2 is 2.11 bits per heavy atom. The van der Waals surface area contributed by atoms with Crippen molar-refractivity contribution in [2.24, 2.45) is 0 Å².